The van der Waals surface area contributed by atoms with Gasteiger partial charge in [-0.25, -0.2) is 14.6 Å². The molecule has 40 heavy (non-hydrogen) atoms. The Hall–Kier alpha value is -4.19. The molecule has 0 unspecified atom stereocenters. The van der Waals surface area contributed by atoms with E-state index in [-0.39, 0.29) is 17.4 Å². The fraction of sp³-hybridized carbons (Fsp3) is 0.357. The van der Waals surface area contributed by atoms with Crippen molar-refractivity contribution >= 4 is 17.7 Å². The number of para-hydroxylation sites is 1. The summed E-state index contributed by atoms with van der Waals surface area (Å²) in [5.41, 5.74) is 1.24. The first kappa shape index (κ1) is 30.4. The Morgan fingerprint density at radius 1 is 1.00 bits per heavy atom. The zero-order valence-electron chi connectivity index (χ0n) is 21.5. The molecule has 214 valence electrons. The number of nitrogens with zero attached hydrogens (tertiary/aromatic N) is 2. The molecule has 2 N–H and O–H groups in total. The van der Waals surface area contributed by atoms with Crippen LogP contribution in [0.2, 0.25) is 0 Å². The first-order chi connectivity index (χ1) is 19.0. The monoisotopic (exact) mass is 562 g/mol. The third-order valence-electron chi connectivity index (χ3n) is 6.20. The van der Waals surface area contributed by atoms with E-state index in [0.29, 0.717) is 12.3 Å². The van der Waals surface area contributed by atoms with Crippen LogP contribution in [0.1, 0.15) is 58.9 Å². The average molecular weight is 563 g/mol. The molecule has 3 aromatic rings. The third kappa shape index (κ3) is 9.84. The normalized spacial score (nSPS) is 14.2. The molecule has 1 aromatic heterocycles. The van der Waals surface area contributed by atoms with Gasteiger partial charge in [-0.2, -0.15) is 13.2 Å². The number of carboxylic acids is 2. The van der Waals surface area contributed by atoms with E-state index in [9.17, 15) is 22.8 Å². The van der Waals surface area contributed by atoms with E-state index < -0.39 is 18.1 Å². The van der Waals surface area contributed by atoms with Gasteiger partial charge in [0.05, 0.1) is 6.20 Å². The molecule has 2 aromatic carbocycles. The second-order valence-corrected chi connectivity index (χ2v) is 9.24. The fourth-order valence-electron chi connectivity index (χ4n) is 4.18. The zero-order chi connectivity index (χ0) is 29.1. The van der Waals surface area contributed by atoms with Gasteiger partial charge in [0, 0.05) is 13.0 Å². The Morgan fingerprint density at radius 2 is 1.65 bits per heavy atom. The number of aromatic carboxylic acids is 1. The number of ether oxygens (including phenoxy) is 1. The van der Waals surface area contributed by atoms with Crippen molar-refractivity contribution < 1.29 is 46.9 Å². The van der Waals surface area contributed by atoms with E-state index in [1.807, 2.05) is 42.5 Å². The molecule has 0 spiro atoms. The van der Waals surface area contributed by atoms with Crippen LogP contribution in [-0.2, 0) is 11.3 Å². The van der Waals surface area contributed by atoms with Crippen molar-refractivity contribution in [3.05, 3.63) is 78.0 Å². The zero-order valence-corrected chi connectivity index (χ0v) is 21.5. The average Bonchev–Trinajstić information content (AvgIpc) is 3.42. The van der Waals surface area contributed by atoms with Gasteiger partial charge < -0.3 is 19.4 Å². The second kappa shape index (κ2) is 14.3. The molecule has 0 saturated carbocycles. The molecule has 12 heteroatoms. The van der Waals surface area contributed by atoms with Crippen molar-refractivity contribution in [1.82, 2.24) is 9.88 Å². The number of aliphatic carboxylic acids is 1. The van der Waals surface area contributed by atoms with Gasteiger partial charge in [-0.3, -0.25) is 9.69 Å². The Balaban J connectivity index is 0.000000559. The molecule has 1 fully saturated rings. The number of ketones is 1. The lowest BCUT2D eigenvalue weighted by molar-refractivity contribution is -0.192. The summed E-state index contributed by atoms with van der Waals surface area (Å²) in [7, 11) is 0. The van der Waals surface area contributed by atoms with E-state index in [0.717, 1.165) is 63.0 Å². The summed E-state index contributed by atoms with van der Waals surface area (Å²) >= 11 is 0. The number of rotatable bonds is 10. The van der Waals surface area contributed by atoms with E-state index in [1.54, 1.807) is 0 Å². The van der Waals surface area contributed by atoms with E-state index in [4.69, 9.17) is 24.2 Å². The molecule has 2 heterocycles. The first-order valence-corrected chi connectivity index (χ1v) is 12.6. The highest BCUT2D eigenvalue weighted by Gasteiger charge is 2.38. The first-order valence-electron chi connectivity index (χ1n) is 12.6. The van der Waals surface area contributed by atoms with Crippen molar-refractivity contribution in [2.24, 2.45) is 5.92 Å². The number of benzene rings is 2. The number of hydrogen-bond donors (Lipinski definition) is 2. The summed E-state index contributed by atoms with van der Waals surface area (Å²) in [5, 5.41) is 16.0. The standard InChI is InChI=1S/C26H28N2O5.C2HF3O2/c29-23(25-27-17-24(33-25)26(30)31)11-5-6-19-12-14-28(15-13-19)18-20-7-4-10-22(16-20)32-21-8-2-1-3-9-21;3-2(4,5)1(6)7/h1-4,7-10,16-17,19H,5-6,11-15,18H2,(H,30,31);(H,6,7). The lowest BCUT2D eigenvalue weighted by Crippen LogP contribution is -2.33. The summed E-state index contributed by atoms with van der Waals surface area (Å²) in [6, 6.07) is 18.0. The van der Waals surface area contributed by atoms with Crippen LogP contribution in [0.4, 0.5) is 13.2 Å². The smallest absolute Gasteiger partial charge is 0.475 e. The lowest BCUT2D eigenvalue weighted by Gasteiger charge is -2.32. The maximum Gasteiger partial charge on any atom is 0.490 e. The topological polar surface area (TPSA) is 130 Å². The summed E-state index contributed by atoms with van der Waals surface area (Å²) in [4.78, 5) is 38.1. The summed E-state index contributed by atoms with van der Waals surface area (Å²) < 4.78 is 42.7. The summed E-state index contributed by atoms with van der Waals surface area (Å²) in [6.07, 6.45) is 0.273. The van der Waals surface area contributed by atoms with E-state index >= 15 is 0 Å². The van der Waals surface area contributed by atoms with E-state index in [1.165, 1.54) is 5.56 Å². The highest BCUT2D eigenvalue weighted by molar-refractivity contribution is 5.93. The van der Waals surface area contributed by atoms with Crippen molar-refractivity contribution in [1.29, 1.82) is 0 Å². The van der Waals surface area contributed by atoms with Crippen LogP contribution in [0, 0.1) is 5.92 Å². The third-order valence-corrected chi connectivity index (χ3v) is 6.20. The molecule has 4 rings (SSSR count). The largest absolute Gasteiger partial charge is 0.490 e. The van der Waals surface area contributed by atoms with Gasteiger partial charge in [0.1, 0.15) is 11.5 Å². The van der Waals surface area contributed by atoms with Crippen LogP contribution in [-0.4, -0.2) is 57.1 Å². The fourth-order valence-corrected chi connectivity index (χ4v) is 4.18. The number of alkyl halides is 3. The number of oxazole rings is 1. The van der Waals surface area contributed by atoms with Crippen LogP contribution in [0.15, 0.2) is 65.2 Å². The van der Waals surface area contributed by atoms with E-state index in [2.05, 4.69) is 22.0 Å². The molecule has 0 aliphatic carbocycles. The number of hydrogen-bond acceptors (Lipinski definition) is 7. The number of carbonyl (C=O) groups excluding carboxylic acids is 1. The van der Waals surface area contributed by atoms with Gasteiger partial charge in [0.2, 0.25) is 11.5 Å². The predicted octanol–water partition coefficient (Wildman–Crippen LogP) is 6.06. The van der Waals surface area contributed by atoms with Gasteiger partial charge in [-0.15, -0.1) is 0 Å². The molecule has 0 radical (unpaired) electrons. The Bertz CT molecular complexity index is 1270. The van der Waals surface area contributed by atoms with Crippen LogP contribution < -0.4 is 4.74 Å². The predicted molar refractivity (Wildman–Crippen MR) is 136 cm³/mol. The molecule has 1 saturated heterocycles. The van der Waals surface area contributed by atoms with Gasteiger partial charge in [0.15, 0.2) is 0 Å². The number of carboxylic acid groups (broad SMARTS) is 2. The van der Waals surface area contributed by atoms with Gasteiger partial charge >= 0.3 is 18.1 Å². The SMILES string of the molecule is O=C(O)C(F)(F)F.O=C(O)c1cnc(C(=O)CCCC2CCN(Cc3cccc(Oc4ccccc4)c3)CC2)o1. The maximum atomic E-state index is 12.2. The summed E-state index contributed by atoms with van der Waals surface area (Å²) in [6.45, 7) is 2.96. The van der Waals surface area contributed by atoms with Crippen molar-refractivity contribution in [2.45, 2.75) is 44.8 Å². The lowest BCUT2D eigenvalue weighted by atomic mass is 9.91. The van der Waals surface area contributed by atoms with Gasteiger partial charge in [-0.1, -0.05) is 30.3 Å². The highest BCUT2D eigenvalue weighted by atomic mass is 19.4. The minimum atomic E-state index is -5.08. The minimum absolute atomic E-state index is 0.110. The van der Waals surface area contributed by atoms with Crippen LogP contribution >= 0.6 is 0 Å². The molecule has 9 nitrogen and oxygen atoms in total. The molecular formula is C28H29F3N2O7. The molecule has 0 atom stereocenters. The van der Waals surface area contributed by atoms with Crippen LogP contribution in [0.5, 0.6) is 11.5 Å². The second-order valence-electron chi connectivity index (χ2n) is 9.24. The highest BCUT2D eigenvalue weighted by Crippen LogP contribution is 2.26. The molecule has 1 aliphatic rings. The number of piperidine rings is 1. The Kier molecular flexibility index (Phi) is 10.8. The molecule has 0 amide bonds. The minimum Gasteiger partial charge on any atom is -0.475 e. The summed E-state index contributed by atoms with van der Waals surface area (Å²) in [5.74, 6) is -2.35. The number of aromatic nitrogens is 1. The maximum absolute atomic E-state index is 12.2. The number of halogens is 3. The van der Waals surface area contributed by atoms with Crippen molar-refractivity contribution in [2.75, 3.05) is 13.1 Å². The van der Waals surface area contributed by atoms with Gasteiger partial charge in [0.25, 0.3) is 5.89 Å². The molecule has 1 aliphatic heterocycles. The Labute approximate surface area is 228 Å². The quantitative estimate of drug-likeness (QED) is 0.283. The van der Waals surface area contributed by atoms with Gasteiger partial charge in [-0.05, 0) is 74.5 Å². The number of likely N-dealkylation sites (tertiary alicyclic amines) is 1. The Morgan fingerprint density at radius 3 is 2.25 bits per heavy atom. The number of Topliss-reactive ketones (excluding diaryl/α,β-unsaturated/α-hetero) is 1. The molecular weight excluding hydrogens is 533 g/mol. The van der Waals surface area contributed by atoms with Crippen LogP contribution in [0.25, 0.3) is 0 Å². The van der Waals surface area contributed by atoms with Crippen molar-refractivity contribution in [3.8, 4) is 11.5 Å². The van der Waals surface area contributed by atoms with Crippen molar-refractivity contribution in [3.63, 3.8) is 0 Å². The molecule has 0 bridgehead atoms. The number of carbonyl (C=O) groups is 3. The van der Waals surface area contributed by atoms with Crippen LogP contribution in [0.3, 0.4) is 0 Å².